The van der Waals surface area contributed by atoms with Crippen molar-refractivity contribution in [3.05, 3.63) is 71.8 Å². The van der Waals surface area contributed by atoms with Gasteiger partial charge in [0.25, 0.3) is 0 Å². The molecule has 1 amide bonds. The van der Waals surface area contributed by atoms with Crippen molar-refractivity contribution < 1.29 is 4.79 Å². The summed E-state index contributed by atoms with van der Waals surface area (Å²) in [5.41, 5.74) is 2.65. The number of carbonyl (C=O) groups excluding carboxylic acids is 1. The highest BCUT2D eigenvalue weighted by Gasteiger charge is 2.27. The summed E-state index contributed by atoms with van der Waals surface area (Å²) in [4.78, 5) is 18.4. The highest BCUT2D eigenvalue weighted by Crippen LogP contribution is 2.29. The van der Waals surface area contributed by atoms with Gasteiger partial charge in [0.1, 0.15) is 0 Å². The predicted octanol–water partition coefficient (Wildman–Crippen LogP) is 2.48. The number of hydrogen-bond donors (Lipinski definition) is 0. The van der Waals surface area contributed by atoms with Crippen molar-refractivity contribution in [1.29, 1.82) is 0 Å². The van der Waals surface area contributed by atoms with Crippen molar-refractivity contribution >= 4 is 5.91 Å². The molecule has 4 heteroatoms. The van der Waals surface area contributed by atoms with Gasteiger partial charge in [0.15, 0.2) is 0 Å². The van der Waals surface area contributed by atoms with Crippen molar-refractivity contribution in [2.24, 2.45) is 0 Å². The molecular weight excluding hydrogens is 310 g/mol. The molecule has 0 aromatic heterocycles. The van der Waals surface area contributed by atoms with E-state index in [1.54, 1.807) is 4.90 Å². The SMILES string of the molecule is CN(C)C(=O)CN1CCN(C(c2ccccc2)c2ccccc2)CC1. The molecule has 1 heterocycles. The first-order valence-electron chi connectivity index (χ1n) is 8.91. The third-order valence-corrected chi connectivity index (χ3v) is 4.86. The zero-order valence-electron chi connectivity index (χ0n) is 15.1. The second kappa shape index (κ2) is 8.28. The molecule has 1 aliphatic rings. The predicted molar refractivity (Wildman–Crippen MR) is 101 cm³/mol. The Bertz CT molecular complexity index is 625. The highest BCUT2D eigenvalue weighted by atomic mass is 16.2. The Hall–Kier alpha value is -2.17. The molecule has 2 aromatic rings. The minimum absolute atomic E-state index is 0.177. The van der Waals surface area contributed by atoms with Crippen LogP contribution in [0.25, 0.3) is 0 Å². The Morgan fingerprint density at radius 3 is 1.80 bits per heavy atom. The molecule has 4 nitrogen and oxygen atoms in total. The summed E-state index contributed by atoms with van der Waals surface area (Å²) in [6, 6.07) is 21.7. The quantitative estimate of drug-likeness (QED) is 0.839. The van der Waals surface area contributed by atoms with Gasteiger partial charge in [-0.15, -0.1) is 0 Å². The van der Waals surface area contributed by atoms with E-state index in [4.69, 9.17) is 0 Å². The number of likely N-dealkylation sites (N-methyl/N-ethyl adjacent to an activating group) is 1. The van der Waals surface area contributed by atoms with Crippen LogP contribution in [0.3, 0.4) is 0 Å². The molecule has 25 heavy (non-hydrogen) atoms. The number of nitrogens with zero attached hydrogens (tertiary/aromatic N) is 3. The molecule has 0 N–H and O–H groups in total. The summed E-state index contributed by atoms with van der Waals surface area (Å²) in [6.45, 7) is 4.30. The molecule has 0 saturated carbocycles. The van der Waals surface area contributed by atoms with E-state index in [-0.39, 0.29) is 11.9 Å². The lowest BCUT2D eigenvalue weighted by atomic mass is 9.96. The van der Waals surface area contributed by atoms with Crippen LogP contribution in [0.1, 0.15) is 17.2 Å². The molecule has 0 aliphatic carbocycles. The Labute approximate surface area is 150 Å². The maximum atomic E-state index is 11.9. The van der Waals surface area contributed by atoms with Gasteiger partial charge >= 0.3 is 0 Å². The van der Waals surface area contributed by atoms with Gasteiger partial charge in [-0.3, -0.25) is 14.6 Å². The van der Waals surface area contributed by atoms with Crippen LogP contribution in [0.4, 0.5) is 0 Å². The smallest absolute Gasteiger partial charge is 0.236 e. The Balaban J connectivity index is 1.72. The lowest BCUT2D eigenvalue weighted by molar-refractivity contribution is -0.130. The topological polar surface area (TPSA) is 26.8 Å². The summed E-state index contributed by atoms with van der Waals surface area (Å²) in [5.74, 6) is 0.177. The maximum Gasteiger partial charge on any atom is 0.236 e. The van der Waals surface area contributed by atoms with Crippen LogP contribution in [0.2, 0.25) is 0 Å². The fourth-order valence-electron chi connectivity index (χ4n) is 3.40. The van der Waals surface area contributed by atoms with Crippen molar-refractivity contribution in [1.82, 2.24) is 14.7 Å². The molecule has 0 spiro atoms. The Morgan fingerprint density at radius 2 is 1.36 bits per heavy atom. The van der Waals surface area contributed by atoms with Crippen molar-refractivity contribution in [3.63, 3.8) is 0 Å². The molecule has 1 saturated heterocycles. The molecule has 1 aliphatic heterocycles. The second-order valence-electron chi connectivity index (χ2n) is 6.82. The summed E-state index contributed by atoms with van der Waals surface area (Å²) >= 11 is 0. The standard InChI is InChI=1S/C21H27N3O/c1-22(2)20(25)17-23-13-15-24(16-14-23)21(18-9-5-3-6-10-18)19-11-7-4-8-12-19/h3-12,21H,13-17H2,1-2H3. The molecule has 1 fully saturated rings. The van der Waals surface area contributed by atoms with E-state index in [0.717, 1.165) is 26.2 Å². The number of rotatable bonds is 5. The maximum absolute atomic E-state index is 11.9. The molecule has 0 radical (unpaired) electrons. The average Bonchev–Trinajstić information content (AvgIpc) is 2.65. The first-order valence-corrected chi connectivity index (χ1v) is 8.91. The van der Waals surface area contributed by atoms with E-state index >= 15 is 0 Å². The lowest BCUT2D eigenvalue weighted by Gasteiger charge is -2.39. The average molecular weight is 337 g/mol. The van der Waals surface area contributed by atoms with Crippen molar-refractivity contribution in [2.45, 2.75) is 6.04 Å². The van der Waals surface area contributed by atoms with Gasteiger partial charge in [-0.1, -0.05) is 60.7 Å². The second-order valence-corrected chi connectivity index (χ2v) is 6.82. The molecule has 0 unspecified atom stereocenters. The number of carbonyl (C=O) groups is 1. The third kappa shape index (κ3) is 4.47. The van der Waals surface area contributed by atoms with Gasteiger partial charge in [0.2, 0.25) is 5.91 Å². The van der Waals surface area contributed by atoms with E-state index in [9.17, 15) is 4.79 Å². The van der Waals surface area contributed by atoms with Crippen LogP contribution in [-0.4, -0.2) is 67.4 Å². The Kier molecular flexibility index (Phi) is 5.84. The van der Waals surface area contributed by atoms with Crippen LogP contribution in [-0.2, 0) is 4.79 Å². The first kappa shape index (κ1) is 17.6. The number of piperazine rings is 1. The zero-order valence-corrected chi connectivity index (χ0v) is 15.1. The van der Waals surface area contributed by atoms with Crippen LogP contribution in [0, 0.1) is 0 Å². The van der Waals surface area contributed by atoms with Gasteiger partial charge in [0.05, 0.1) is 12.6 Å². The van der Waals surface area contributed by atoms with E-state index in [0.29, 0.717) is 6.54 Å². The fourth-order valence-corrected chi connectivity index (χ4v) is 3.40. The molecule has 132 valence electrons. The molecule has 3 rings (SSSR count). The summed E-state index contributed by atoms with van der Waals surface area (Å²) < 4.78 is 0. The molecular formula is C21H27N3O. The number of amides is 1. The molecule has 0 atom stereocenters. The monoisotopic (exact) mass is 337 g/mol. The van der Waals surface area contributed by atoms with Crippen LogP contribution in [0.15, 0.2) is 60.7 Å². The van der Waals surface area contributed by atoms with E-state index in [1.165, 1.54) is 11.1 Å². The molecule has 2 aromatic carbocycles. The number of hydrogen-bond acceptors (Lipinski definition) is 3. The van der Waals surface area contributed by atoms with Gasteiger partial charge < -0.3 is 4.90 Å². The van der Waals surface area contributed by atoms with Gasteiger partial charge in [-0.2, -0.15) is 0 Å². The minimum atomic E-state index is 0.177. The summed E-state index contributed by atoms with van der Waals surface area (Å²) in [6.07, 6.45) is 0. The fraction of sp³-hybridized carbons (Fsp3) is 0.381. The van der Waals surface area contributed by atoms with Gasteiger partial charge in [0, 0.05) is 40.3 Å². The Morgan fingerprint density at radius 1 is 0.880 bits per heavy atom. The van der Waals surface area contributed by atoms with Gasteiger partial charge in [-0.25, -0.2) is 0 Å². The van der Waals surface area contributed by atoms with Crippen molar-refractivity contribution in [3.8, 4) is 0 Å². The minimum Gasteiger partial charge on any atom is -0.348 e. The normalized spacial score (nSPS) is 16.1. The van der Waals surface area contributed by atoms with Crippen LogP contribution >= 0.6 is 0 Å². The third-order valence-electron chi connectivity index (χ3n) is 4.86. The zero-order chi connectivity index (χ0) is 17.6. The van der Waals surface area contributed by atoms with E-state index < -0.39 is 0 Å². The summed E-state index contributed by atoms with van der Waals surface area (Å²) in [5, 5.41) is 0. The van der Waals surface area contributed by atoms with Crippen LogP contribution < -0.4 is 0 Å². The number of benzene rings is 2. The van der Waals surface area contributed by atoms with E-state index in [2.05, 4.69) is 70.5 Å². The lowest BCUT2D eigenvalue weighted by Crippen LogP contribution is -2.50. The van der Waals surface area contributed by atoms with E-state index in [1.807, 2.05) is 14.1 Å². The summed E-state index contributed by atoms with van der Waals surface area (Å²) in [7, 11) is 3.64. The first-order chi connectivity index (χ1) is 12.1. The molecule has 0 bridgehead atoms. The van der Waals surface area contributed by atoms with Crippen LogP contribution in [0.5, 0.6) is 0 Å². The highest BCUT2D eigenvalue weighted by molar-refractivity contribution is 5.77. The van der Waals surface area contributed by atoms with Gasteiger partial charge in [-0.05, 0) is 11.1 Å². The van der Waals surface area contributed by atoms with Crippen molar-refractivity contribution in [2.75, 3.05) is 46.8 Å². The largest absolute Gasteiger partial charge is 0.348 e.